The minimum absolute atomic E-state index is 0.146. The van der Waals surface area contributed by atoms with Crippen LogP contribution in [-0.2, 0) is 11.2 Å². The van der Waals surface area contributed by atoms with Gasteiger partial charge in [0.15, 0.2) is 0 Å². The van der Waals surface area contributed by atoms with E-state index in [9.17, 15) is 4.79 Å². The second kappa shape index (κ2) is 7.20. The van der Waals surface area contributed by atoms with Crippen LogP contribution >= 0.6 is 0 Å². The largest absolute Gasteiger partial charge is 0.494 e. The number of carbonyl (C=O) groups is 1. The van der Waals surface area contributed by atoms with Crippen LogP contribution in [0.5, 0.6) is 5.75 Å². The van der Waals surface area contributed by atoms with Crippen molar-refractivity contribution in [1.82, 2.24) is 15.1 Å². The number of H-pyrrole nitrogens is 1. The first-order chi connectivity index (χ1) is 12.8. The molecule has 0 saturated carbocycles. The molecule has 134 valence electrons. The number of rotatable bonds is 5. The molecule has 1 atom stereocenters. The van der Waals surface area contributed by atoms with Crippen molar-refractivity contribution in [3.63, 3.8) is 0 Å². The average molecular weight is 349 g/mol. The van der Waals surface area contributed by atoms with Crippen LogP contribution in [-0.4, -0.2) is 34.2 Å². The number of nitrogens with zero attached hydrogens (tertiary/aromatic N) is 2. The van der Waals surface area contributed by atoms with Gasteiger partial charge >= 0.3 is 0 Å². The molecule has 0 bridgehead atoms. The lowest BCUT2D eigenvalue weighted by molar-refractivity contribution is -0.131. The first-order valence-corrected chi connectivity index (χ1v) is 9.20. The molecule has 1 aromatic heterocycles. The third kappa shape index (κ3) is 3.17. The molecule has 26 heavy (non-hydrogen) atoms. The first-order valence-electron chi connectivity index (χ1n) is 9.20. The molecule has 3 aromatic rings. The third-order valence-electron chi connectivity index (χ3n) is 5.02. The van der Waals surface area contributed by atoms with Crippen molar-refractivity contribution < 1.29 is 9.53 Å². The van der Waals surface area contributed by atoms with E-state index in [1.165, 1.54) is 5.56 Å². The maximum atomic E-state index is 13.0. The highest BCUT2D eigenvalue weighted by Gasteiger charge is 2.30. The average Bonchev–Trinajstić information content (AvgIpc) is 3.30. The number of hydrogen-bond acceptors (Lipinski definition) is 3. The van der Waals surface area contributed by atoms with Crippen LogP contribution in [0.3, 0.4) is 0 Å². The molecule has 4 rings (SSSR count). The molecule has 1 aliphatic heterocycles. The predicted molar refractivity (Wildman–Crippen MR) is 101 cm³/mol. The summed E-state index contributed by atoms with van der Waals surface area (Å²) in [6.07, 6.45) is 2.39. The molecule has 0 spiro atoms. The van der Waals surface area contributed by atoms with Gasteiger partial charge in [-0.05, 0) is 43.5 Å². The van der Waals surface area contributed by atoms with Crippen LogP contribution in [0.1, 0.15) is 37.1 Å². The smallest absolute Gasteiger partial charge is 0.229 e. The Labute approximate surface area is 153 Å². The van der Waals surface area contributed by atoms with Gasteiger partial charge in [-0.2, -0.15) is 5.10 Å². The molecule has 1 aliphatic rings. The molecule has 1 saturated heterocycles. The van der Waals surface area contributed by atoms with Crippen molar-refractivity contribution >= 4 is 16.8 Å². The Kier molecular flexibility index (Phi) is 4.61. The number of nitrogens with one attached hydrogen (secondary N) is 1. The van der Waals surface area contributed by atoms with E-state index in [0.717, 1.165) is 41.7 Å². The quantitative estimate of drug-likeness (QED) is 0.761. The minimum Gasteiger partial charge on any atom is -0.494 e. The van der Waals surface area contributed by atoms with E-state index in [1.807, 2.05) is 48.2 Å². The normalized spacial score (nSPS) is 17.0. The summed E-state index contributed by atoms with van der Waals surface area (Å²) >= 11 is 0. The molecule has 1 amide bonds. The Morgan fingerprint density at radius 3 is 2.85 bits per heavy atom. The van der Waals surface area contributed by atoms with Crippen LogP contribution in [0.25, 0.3) is 10.9 Å². The number of amides is 1. The van der Waals surface area contributed by atoms with Crippen LogP contribution in [0.2, 0.25) is 0 Å². The number of ether oxygens (including phenoxy) is 1. The molecule has 2 aromatic carbocycles. The summed E-state index contributed by atoms with van der Waals surface area (Å²) < 4.78 is 5.52. The Morgan fingerprint density at radius 1 is 1.23 bits per heavy atom. The summed E-state index contributed by atoms with van der Waals surface area (Å²) in [6.45, 7) is 3.44. The van der Waals surface area contributed by atoms with E-state index in [4.69, 9.17) is 4.74 Å². The third-order valence-corrected chi connectivity index (χ3v) is 5.02. The van der Waals surface area contributed by atoms with E-state index in [1.54, 1.807) is 0 Å². The molecular weight excluding hydrogens is 326 g/mol. The van der Waals surface area contributed by atoms with E-state index in [2.05, 4.69) is 22.3 Å². The topological polar surface area (TPSA) is 58.2 Å². The molecular formula is C21H23N3O2. The summed E-state index contributed by atoms with van der Waals surface area (Å²) in [5.41, 5.74) is 2.97. The van der Waals surface area contributed by atoms with Crippen LogP contribution < -0.4 is 4.74 Å². The molecule has 0 aliphatic carbocycles. The lowest BCUT2D eigenvalue weighted by Gasteiger charge is -2.25. The Hall–Kier alpha value is -2.82. The SMILES string of the molecule is CCOc1ccc([C@H]2CCCN2C(=O)Cc2[nH]nc3ccccc23)cc1. The van der Waals surface area contributed by atoms with E-state index in [-0.39, 0.29) is 11.9 Å². The van der Waals surface area contributed by atoms with Crippen LogP contribution in [0.4, 0.5) is 0 Å². The zero-order valence-electron chi connectivity index (χ0n) is 14.9. The Morgan fingerprint density at radius 2 is 2.04 bits per heavy atom. The Bertz CT molecular complexity index is 901. The van der Waals surface area contributed by atoms with Gasteiger partial charge in [0.05, 0.1) is 30.3 Å². The number of hydrogen-bond donors (Lipinski definition) is 1. The van der Waals surface area contributed by atoms with Gasteiger partial charge in [-0.3, -0.25) is 9.89 Å². The first kappa shape index (κ1) is 16.6. The highest BCUT2D eigenvalue weighted by atomic mass is 16.5. The number of benzene rings is 2. The second-order valence-corrected chi connectivity index (χ2v) is 6.64. The molecule has 0 radical (unpaired) electrons. The second-order valence-electron chi connectivity index (χ2n) is 6.64. The molecule has 5 nitrogen and oxygen atoms in total. The minimum atomic E-state index is 0.146. The van der Waals surface area contributed by atoms with Gasteiger partial charge in [0.25, 0.3) is 0 Å². The summed E-state index contributed by atoms with van der Waals surface area (Å²) in [7, 11) is 0. The number of aromatic amines is 1. The maximum absolute atomic E-state index is 13.0. The molecule has 1 fully saturated rings. The van der Waals surface area contributed by atoms with E-state index in [0.29, 0.717) is 13.0 Å². The van der Waals surface area contributed by atoms with Crippen molar-refractivity contribution in [3.8, 4) is 5.75 Å². The molecule has 0 unspecified atom stereocenters. The number of aromatic nitrogens is 2. The highest BCUT2D eigenvalue weighted by molar-refractivity contribution is 5.87. The van der Waals surface area contributed by atoms with Gasteiger partial charge in [0.2, 0.25) is 5.91 Å². The number of carbonyl (C=O) groups excluding carboxylic acids is 1. The molecule has 5 heteroatoms. The number of fused-ring (bicyclic) bond motifs is 1. The fourth-order valence-electron chi connectivity index (χ4n) is 3.77. The molecule has 1 N–H and O–H groups in total. The fourth-order valence-corrected chi connectivity index (χ4v) is 3.77. The standard InChI is InChI=1S/C21H23N3O2/c1-2-26-16-11-9-15(10-12-16)20-8-5-13-24(20)21(25)14-19-17-6-3-4-7-18(17)22-23-19/h3-4,6-7,9-12,20H,2,5,8,13-14H2,1H3,(H,22,23)/t20-/m1/s1. The maximum Gasteiger partial charge on any atom is 0.229 e. The van der Waals surface area contributed by atoms with Gasteiger partial charge in [-0.1, -0.05) is 30.3 Å². The van der Waals surface area contributed by atoms with Crippen molar-refractivity contribution in [2.75, 3.05) is 13.2 Å². The van der Waals surface area contributed by atoms with Crippen LogP contribution in [0.15, 0.2) is 48.5 Å². The monoisotopic (exact) mass is 349 g/mol. The van der Waals surface area contributed by atoms with Crippen molar-refractivity contribution in [1.29, 1.82) is 0 Å². The van der Waals surface area contributed by atoms with E-state index < -0.39 is 0 Å². The number of likely N-dealkylation sites (tertiary alicyclic amines) is 1. The molecule has 2 heterocycles. The summed E-state index contributed by atoms with van der Waals surface area (Å²) in [6, 6.07) is 16.2. The zero-order valence-corrected chi connectivity index (χ0v) is 14.9. The van der Waals surface area contributed by atoms with Gasteiger partial charge in [0.1, 0.15) is 5.75 Å². The van der Waals surface area contributed by atoms with Gasteiger partial charge in [-0.25, -0.2) is 0 Å². The van der Waals surface area contributed by atoms with Gasteiger partial charge in [-0.15, -0.1) is 0 Å². The van der Waals surface area contributed by atoms with Gasteiger partial charge < -0.3 is 9.64 Å². The fraction of sp³-hybridized carbons (Fsp3) is 0.333. The van der Waals surface area contributed by atoms with Gasteiger partial charge in [0, 0.05) is 11.9 Å². The van der Waals surface area contributed by atoms with Crippen molar-refractivity contribution in [3.05, 3.63) is 59.8 Å². The predicted octanol–water partition coefficient (Wildman–Crippen LogP) is 3.87. The van der Waals surface area contributed by atoms with Crippen molar-refractivity contribution in [2.24, 2.45) is 0 Å². The summed E-state index contributed by atoms with van der Waals surface area (Å²) in [4.78, 5) is 15.0. The Balaban J connectivity index is 1.51. The van der Waals surface area contributed by atoms with E-state index >= 15 is 0 Å². The summed E-state index contributed by atoms with van der Waals surface area (Å²) in [5, 5.41) is 8.35. The van der Waals surface area contributed by atoms with Crippen molar-refractivity contribution in [2.45, 2.75) is 32.2 Å². The number of para-hydroxylation sites is 1. The highest BCUT2D eigenvalue weighted by Crippen LogP contribution is 2.33. The lowest BCUT2D eigenvalue weighted by Crippen LogP contribution is -2.32. The lowest BCUT2D eigenvalue weighted by atomic mass is 10.0. The van der Waals surface area contributed by atoms with Crippen LogP contribution in [0, 0.1) is 0 Å². The summed E-state index contributed by atoms with van der Waals surface area (Å²) in [5.74, 6) is 1.02. The zero-order chi connectivity index (χ0) is 17.9.